The second-order valence-electron chi connectivity index (χ2n) is 4.84. The number of nitrogens with one attached hydrogen (secondary N) is 1. The first-order chi connectivity index (χ1) is 9.27. The van der Waals surface area contributed by atoms with Crippen molar-refractivity contribution in [3.63, 3.8) is 0 Å². The average Bonchev–Trinajstić information content (AvgIpc) is 2.45. The SMILES string of the molecule is CCNCC1OCCN(C)C1c1ccccc1C#N. The van der Waals surface area contributed by atoms with Crippen molar-refractivity contribution in [1.29, 1.82) is 5.26 Å². The van der Waals surface area contributed by atoms with Gasteiger partial charge in [-0.3, -0.25) is 4.90 Å². The van der Waals surface area contributed by atoms with Crippen LogP contribution in [-0.4, -0.2) is 44.3 Å². The molecule has 0 spiro atoms. The molecule has 1 heterocycles. The molecule has 1 aliphatic rings. The number of rotatable bonds is 4. The summed E-state index contributed by atoms with van der Waals surface area (Å²) in [6.07, 6.45) is 0.0909. The standard InChI is InChI=1S/C15H21N3O/c1-3-17-11-14-15(18(2)8-9-19-14)13-7-5-4-6-12(13)10-16/h4-7,14-15,17H,3,8-9,11H2,1-2H3. The molecule has 2 unspecified atom stereocenters. The first-order valence-electron chi connectivity index (χ1n) is 6.79. The molecule has 2 atom stereocenters. The number of morpholine rings is 1. The summed E-state index contributed by atoms with van der Waals surface area (Å²) in [7, 11) is 2.10. The van der Waals surface area contributed by atoms with Crippen LogP contribution in [0.5, 0.6) is 0 Å². The lowest BCUT2D eigenvalue weighted by atomic mass is 9.94. The molecular formula is C15H21N3O. The first kappa shape index (κ1) is 14.0. The molecule has 1 fully saturated rings. The molecule has 0 aromatic heterocycles. The van der Waals surface area contributed by atoms with Gasteiger partial charge in [0.05, 0.1) is 30.4 Å². The van der Waals surface area contributed by atoms with Crippen molar-refractivity contribution in [1.82, 2.24) is 10.2 Å². The molecule has 0 radical (unpaired) electrons. The summed E-state index contributed by atoms with van der Waals surface area (Å²) in [5.41, 5.74) is 1.81. The summed E-state index contributed by atoms with van der Waals surface area (Å²) in [4.78, 5) is 2.28. The third-order valence-electron chi connectivity index (χ3n) is 3.60. The highest BCUT2D eigenvalue weighted by Gasteiger charge is 2.32. The van der Waals surface area contributed by atoms with Crippen molar-refractivity contribution in [3.8, 4) is 6.07 Å². The van der Waals surface area contributed by atoms with Crippen LogP contribution in [0.25, 0.3) is 0 Å². The van der Waals surface area contributed by atoms with E-state index >= 15 is 0 Å². The summed E-state index contributed by atoms with van der Waals surface area (Å²) in [5, 5.41) is 12.6. The Hall–Kier alpha value is -1.41. The van der Waals surface area contributed by atoms with Gasteiger partial charge < -0.3 is 10.1 Å². The third kappa shape index (κ3) is 3.13. The van der Waals surface area contributed by atoms with E-state index in [-0.39, 0.29) is 12.1 Å². The van der Waals surface area contributed by atoms with E-state index in [2.05, 4.69) is 30.3 Å². The minimum atomic E-state index is 0.0909. The Morgan fingerprint density at radius 1 is 1.47 bits per heavy atom. The maximum Gasteiger partial charge on any atom is 0.0995 e. The maximum atomic E-state index is 9.27. The fourth-order valence-corrected chi connectivity index (χ4v) is 2.61. The van der Waals surface area contributed by atoms with E-state index in [9.17, 15) is 5.26 Å². The van der Waals surface area contributed by atoms with Crippen molar-refractivity contribution in [2.24, 2.45) is 0 Å². The normalized spacial score (nSPS) is 24.1. The molecule has 102 valence electrons. The quantitative estimate of drug-likeness (QED) is 0.891. The third-order valence-corrected chi connectivity index (χ3v) is 3.60. The fraction of sp³-hybridized carbons (Fsp3) is 0.533. The van der Waals surface area contributed by atoms with E-state index < -0.39 is 0 Å². The largest absolute Gasteiger partial charge is 0.374 e. The molecule has 1 aromatic carbocycles. The van der Waals surface area contributed by atoms with E-state index in [0.29, 0.717) is 0 Å². The predicted octanol–water partition coefficient (Wildman–Crippen LogP) is 1.54. The molecule has 0 saturated carbocycles. The maximum absolute atomic E-state index is 9.27. The zero-order valence-electron chi connectivity index (χ0n) is 11.6. The Kier molecular flexibility index (Phi) is 4.92. The fourth-order valence-electron chi connectivity index (χ4n) is 2.61. The second kappa shape index (κ2) is 6.67. The Morgan fingerprint density at radius 2 is 2.26 bits per heavy atom. The van der Waals surface area contributed by atoms with Gasteiger partial charge in [-0.25, -0.2) is 0 Å². The minimum Gasteiger partial charge on any atom is -0.374 e. The summed E-state index contributed by atoms with van der Waals surface area (Å²) in [6.45, 7) is 5.47. The number of nitrogens with zero attached hydrogens (tertiary/aromatic N) is 2. The first-order valence-corrected chi connectivity index (χ1v) is 6.79. The van der Waals surface area contributed by atoms with Gasteiger partial charge in [-0.15, -0.1) is 0 Å². The minimum absolute atomic E-state index is 0.0909. The van der Waals surface area contributed by atoms with E-state index in [0.717, 1.165) is 37.4 Å². The van der Waals surface area contributed by atoms with Crippen LogP contribution < -0.4 is 5.32 Å². The van der Waals surface area contributed by atoms with Crippen molar-refractivity contribution in [2.45, 2.75) is 19.1 Å². The van der Waals surface area contributed by atoms with E-state index in [4.69, 9.17) is 4.74 Å². The number of nitriles is 1. The number of likely N-dealkylation sites (N-methyl/N-ethyl adjacent to an activating group) is 2. The van der Waals surface area contributed by atoms with Crippen LogP contribution in [0.4, 0.5) is 0 Å². The van der Waals surface area contributed by atoms with E-state index in [1.807, 2.05) is 24.3 Å². The van der Waals surface area contributed by atoms with Gasteiger partial charge in [-0.05, 0) is 25.2 Å². The molecule has 0 amide bonds. The number of benzene rings is 1. The zero-order chi connectivity index (χ0) is 13.7. The van der Waals surface area contributed by atoms with Crippen LogP contribution in [0.2, 0.25) is 0 Å². The van der Waals surface area contributed by atoms with E-state index in [1.54, 1.807) is 0 Å². The number of hydrogen-bond acceptors (Lipinski definition) is 4. The van der Waals surface area contributed by atoms with Crippen LogP contribution >= 0.6 is 0 Å². The van der Waals surface area contributed by atoms with Crippen molar-refractivity contribution in [2.75, 3.05) is 33.3 Å². The topological polar surface area (TPSA) is 48.3 Å². The van der Waals surface area contributed by atoms with Crippen molar-refractivity contribution in [3.05, 3.63) is 35.4 Å². The summed E-state index contributed by atoms with van der Waals surface area (Å²) >= 11 is 0. The Labute approximate surface area is 115 Å². The van der Waals surface area contributed by atoms with E-state index in [1.165, 1.54) is 0 Å². The molecule has 1 aromatic rings. The summed E-state index contributed by atoms with van der Waals surface area (Å²) in [5.74, 6) is 0. The van der Waals surface area contributed by atoms with Crippen LogP contribution in [0.15, 0.2) is 24.3 Å². The van der Waals surface area contributed by atoms with Crippen LogP contribution in [0.1, 0.15) is 24.1 Å². The van der Waals surface area contributed by atoms with Gasteiger partial charge in [0.15, 0.2) is 0 Å². The van der Waals surface area contributed by atoms with Gasteiger partial charge in [0.25, 0.3) is 0 Å². The number of ether oxygens (including phenoxy) is 1. The van der Waals surface area contributed by atoms with Gasteiger partial charge in [-0.1, -0.05) is 25.1 Å². The molecule has 4 heteroatoms. The van der Waals surface area contributed by atoms with Crippen molar-refractivity contribution < 1.29 is 4.74 Å². The smallest absolute Gasteiger partial charge is 0.0995 e. The second-order valence-corrected chi connectivity index (χ2v) is 4.84. The molecule has 19 heavy (non-hydrogen) atoms. The molecule has 2 rings (SSSR count). The molecule has 0 aliphatic carbocycles. The van der Waals surface area contributed by atoms with Gasteiger partial charge in [0.2, 0.25) is 0 Å². The Morgan fingerprint density at radius 3 is 3.00 bits per heavy atom. The van der Waals surface area contributed by atoms with Gasteiger partial charge >= 0.3 is 0 Å². The number of hydrogen-bond donors (Lipinski definition) is 1. The lowest BCUT2D eigenvalue weighted by molar-refractivity contribution is -0.0612. The predicted molar refractivity (Wildman–Crippen MR) is 74.8 cm³/mol. The highest BCUT2D eigenvalue weighted by molar-refractivity contribution is 5.40. The summed E-state index contributed by atoms with van der Waals surface area (Å²) in [6, 6.07) is 10.2. The van der Waals surface area contributed by atoms with Gasteiger partial charge in [-0.2, -0.15) is 5.26 Å². The molecule has 1 aliphatic heterocycles. The molecule has 1 saturated heterocycles. The van der Waals surface area contributed by atoms with Gasteiger partial charge in [0.1, 0.15) is 0 Å². The molecule has 0 bridgehead atoms. The lowest BCUT2D eigenvalue weighted by Crippen LogP contribution is -2.47. The van der Waals surface area contributed by atoms with Crippen LogP contribution in [0, 0.1) is 11.3 Å². The van der Waals surface area contributed by atoms with Crippen LogP contribution in [-0.2, 0) is 4.74 Å². The average molecular weight is 259 g/mol. The Balaban J connectivity index is 2.28. The molecule has 1 N–H and O–H groups in total. The molecule has 4 nitrogen and oxygen atoms in total. The van der Waals surface area contributed by atoms with Crippen molar-refractivity contribution >= 4 is 0 Å². The lowest BCUT2D eigenvalue weighted by Gasteiger charge is -2.39. The van der Waals surface area contributed by atoms with Crippen LogP contribution in [0.3, 0.4) is 0 Å². The monoisotopic (exact) mass is 259 g/mol. The highest BCUT2D eigenvalue weighted by Crippen LogP contribution is 2.30. The highest BCUT2D eigenvalue weighted by atomic mass is 16.5. The molecular weight excluding hydrogens is 238 g/mol. The van der Waals surface area contributed by atoms with Gasteiger partial charge in [0, 0.05) is 13.1 Å². The zero-order valence-corrected chi connectivity index (χ0v) is 11.6. The summed E-state index contributed by atoms with van der Waals surface area (Å²) < 4.78 is 5.90. The Bertz CT molecular complexity index is 455.